The fraction of sp³-hybridized carbons (Fsp3) is 0.231. The SMILES string of the molecule is CCOc1ccc(N2C(=O)[C@@H]3[C@H](ON(c4ccccc4)[C@H]3c3ccc(C)cc3)C2=O)cc1. The number of hydrogen-bond acceptors (Lipinski definition) is 5. The van der Waals surface area contributed by atoms with Crippen LogP contribution in [0.15, 0.2) is 78.9 Å². The number of aryl methyl sites for hydroxylation is 1. The smallest absolute Gasteiger partial charge is 0.266 e. The van der Waals surface area contributed by atoms with Crippen LogP contribution >= 0.6 is 0 Å². The Morgan fingerprint density at radius 2 is 1.53 bits per heavy atom. The van der Waals surface area contributed by atoms with Crippen LogP contribution in [0.1, 0.15) is 24.1 Å². The molecule has 5 rings (SSSR count). The average Bonchev–Trinajstić information content (AvgIpc) is 3.32. The van der Waals surface area contributed by atoms with E-state index in [0.717, 1.165) is 16.8 Å². The number of rotatable bonds is 5. The first-order chi connectivity index (χ1) is 15.6. The van der Waals surface area contributed by atoms with E-state index in [-0.39, 0.29) is 11.8 Å². The molecule has 2 fully saturated rings. The third kappa shape index (κ3) is 3.33. The first-order valence-corrected chi connectivity index (χ1v) is 10.8. The van der Waals surface area contributed by atoms with Gasteiger partial charge < -0.3 is 4.74 Å². The monoisotopic (exact) mass is 428 g/mol. The Bertz CT molecular complexity index is 1130. The van der Waals surface area contributed by atoms with Gasteiger partial charge in [0.25, 0.3) is 5.91 Å². The van der Waals surface area contributed by atoms with E-state index in [1.165, 1.54) is 4.90 Å². The van der Waals surface area contributed by atoms with Crippen molar-refractivity contribution in [1.82, 2.24) is 0 Å². The molecule has 3 atom stereocenters. The maximum atomic E-state index is 13.6. The minimum Gasteiger partial charge on any atom is -0.494 e. The van der Waals surface area contributed by atoms with Crippen molar-refractivity contribution in [2.45, 2.75) is 26.0 Å². The summed E-state index contributed by atoms with van der Waals surface area (Å²) in [6, 6.07) is 24.2. The lowest BCUT2D eigenvalue weighted by Gasteiger charge is -2.28. The summed E-state index contributed by atoms with van der Waals surface area (Å²) in [4.78, 5) is 34.3. The Morgan fingerprint density at radius 1 is 0.844 bits per heavy atom. The maximum absolute atomic E-state index is 13.6. The summed E-state index contributed by atoms with van der Waals surface area (Å²) >= 11 is 0. The lowest BCUT2D eigenvalue weighted by molar-refractivity contribution is -0.126. The molecule has 0 saturated carbocycles. The number of amides is 2. The number of benzene rings is 3. The van der Waals surface area contributed by atoms with Gasteiger partial charge in [0.15, 0.2) is 6.10 Å². The van der Waals surface area contributed by atoms with Crippen molar-refractivity contribution >= 4 is 23.2 Å². The average molecular weight is 428 g/mol. The van der Waals surface area contributed by atoms with Crippen molar-refractivity contribution < 1.29 is 19.2 Å². The van der Waals surface area contributed by atoms with Crippen LogP contribution in [0.3, 0.4) is 0 Å². The molecule has 0 aromatic heterocycles. The molecule has 0 aliphatic carbocycles. The standard InChI is InChI=1S/C26H24N2O4/c1-3-31-21-15-13-19(14-16-21)27-25(29)22-23(18-11-9-17(2)10-12-18)28(32-24(22)26(27)30)20-7-5-4-6-8-20/h4-16,22-24H,3H2,1-2H3/t22-,23-,24-/m0/s1. The maximum Gasteiger partial charge on any atom is 0.266 e. The van der Waals surface area contributed by atoms with Gasteiger partial charge in [-0.3, -0.25) is 14.4 Å². The number of imide groups is 1. The zero-order valence-corrected chi connectivity index (χ0v) is 18.0. The van der Waals surface area contributed by atoms with Crippen LogP contribution in [0.4, 0.5) is 11.4 Å². The third-order valence-corrected chi connectivity index (χ3v) is 5.95. The second-order valence-electron chi connectivity index (χ2n) is 8.01. The van der Waals surface area contributed by atoms with E-state index >= 15 is 0 Å². The molecule has 2 aliphatic rings. The molecule has 2 amide bonds. The highest BCUT2D eigenvalue weighted by Crippen LogP contribution is 2.47. The number of nitrogens with zero attached hydrogens (tertiary/aromatic N) is 2. The normalized spacial score (nSPS) is 22.4. The van der Waals surface area contributed by atoms with Crippen molar-refractivity contribution in [3.05, 3.63) is 90.0 Å². The molecule has 0 unspecified atom stereocenters. The Morgan fingerprint density at radius 3 is 2.19 bits per heavy atom. The van der Waals surface area contributed by atoms with Gasteiger partial charge in [-0.05, 0) is 55.8 Å². The fourth-order valence-corrected chi connectivity index (χ4v) is 4.43. The van der Waals surface area contributed by atoms with Crippen LogP contribution in [-0.2, 0) is 14.4 Å². The molecular formula is C26H24N2O4. The predicted octanol–water partition coefficient (Wildman–Crippen LogP) is 4.44. The number of hydrogen-bond donors (Lipinski definition) is 0. The Labute approximate surface area is 186 Å². The molecule has 0 radical (unpaired) electrons. The van der Waals surface area contributed by atoms with Gasteiger partial charge in [0.05, 0.1) is 24.0 Å². The van der Waals surface area contributed by atoms with Crippen molar-refractivity contribution in [3.8, 4) is 5.75 Å². The van der Waals surface area contributed by atoms with Gasteiger partial charge in [0, 0.05) is 0 Å². The summed E-state index contributed by atoms with van der Waals surface area (Å²) in [5, 5.41) is 1.71. The Balaban J connectivity index is 1.53. The molecule has 3 aromatic carbocycles. The van der Waals surface area contributed by atoms with E-state index in [0.29, 0.717) is 18.0 Å². The summed E-state index contributed by atoms with van der Waals surface area (Å²) in [7, 11) is 0. The van der Waals surface area contributed by atoms with Gasteiger partial charge in [-0.15, -0.1) is 0 Å². The van der Waals surface area contributed by atoms with Crippen molar-refractivity contribution in [2.24, 2.45) is 5.92 Å². The minimum absolute atomic E-state index is 0.256. The quantitative estimate of drug-likeness (QED) is 0.562. The van der Waals surface area contributed by atoms with Gasteiger partial charge in [0.2, 0.25) is 5.91 Å². The van der Waals surface area contributed by atoms with Crippen LogP contribution in [-0.4, -0.2) is 24.5 Å². The molecule has 6 nitrogen and oxygen atoms in total. The zero-order valence-electron chi connectivity index (χ0n) is 18.0. The first-order valence-electron chi connectivity index (χ1n) is 10.8. The molecule has 2 saturated heterocycles. The van der Waals surface area contributed by atoms with E-state index in [9.17, 15) is 9.59 Å². The Kier molecular flexibility index (Phi) is 5.15. The fourth-order valence-electron chi connectivity index (χ4n) is 4.43. The number of carbonyl (C=O) groups excluding carboxylic acids is 2. The second kappa shape index (κ2) is 8.13. The van der Waals surface area contributed by atoms with Gasteiger partial charge in [-0.25, -0.2) is 9.96 Å². The zero-order chi connectivity index (χ0) is 22.2. The van der Waals surface area contributed by atoms with Crippen LogP contribution < -0.4 is 14.7 Å². The van der Waals surface area contributed by atoms with Crippen molar-refractivity contribution in [2.75, 3.05) is 16.6 Å². The molecule has 0 bridgehead atoms. The van der Waals surface area contributed by atoms with Crippen LogP contribution in [0.2, 0.25) is 0 Å². The van der Waals surface area contributed by atoms with E-state index < -0.39 is 18.1 Å². The summed E-state index contributed by atoms with van der Waals surface area (Å²) in [6.45, 7) is 4.47. The van der Waals surface area contributed by atoms with Crippen LogP contribution in [0.25, 0.3) is 0 Å². The van der Waals surface area contributed by atoms with Crippen molar-refractivity contribution in [3.63, 3.8) is 0 Å². The minimum atomic E-state index is -0.874. The molecule has 0 N–H and O–H groups in total. The first kappa shape index (κ1) is 20.3. The third-order valence-electron chi connectivity index (χ3n) is 5.95. The summed E-state index contributed by atoms with van der Waals surface area (Å²) in [6.07, 6.45) is -0.874. The number of fused-ring (bicyclic) bond motifs is 1. The largest absolute Gasteiger partial charge is 0.494 e. The highest BCUT2D eigenvalue weighted by Gasteiger charge is 2.60. The molecule has 2 aliphatic heterocycles. The van der Waals surface area contributed by atoms with Gasteiger partial charge in [-0.2, -0.15) is 0 Å². The van der Waals surface area contributed by atoms with Crippen molar-refractivity contribution in [1.29, 1.82) is 0 Å². The number of para-hydroxylation sites is 1. The molecule has 0 spiro atoms. The molecule has 2 heterocycles. The summed E-state index contributed by atoms with van der Waals surface area (Å²) in [5.74, 6) is -0.551. The van der Waals surface area contributed by atoms with E-state index in [1.807, 2.05) is 68.4 Å². The van der Waals surface area contributed by atoms with Gasteiger partial charge in [-0.1, -0.05) is 48.0 Å². The summed E-state index contributed by atoms with van der Waals surface area (Å²) < 4.78 is 5.48. The van der Waals surface area contributed by atoms with E-state index in [2.05, 4.69) is 0 Å². The van der Waals surface area contributed by atoms with E-state index in [4.69, 9.17) is 9.57 Å². The Hall–Kier alpha value is -3.64. The predicted molar refractivity (Wildman–Crippen MR) is 121 cm³/mol. The van der Waals surface area contributed by atoms with E-state index in [1.54, 1.807) is 29.3 Å². The topological polar surface area (TPSA) is 59.1 Å². The number of carbonyl (C=O) groups is 2. The highest BCUT2D eigenvalue weighted by atomic mass is 16.7. The summed E-state index contributed by atoms with van der Waals surface area (Å²) in [5.41, 5.74) is 3.39. The second-order valence-corrected chi connectivity index (χ2v) is 8.01. The van der Waals surface area contributed by atoms with Gasteiger partial charge >= 0.3 is 0 Å². The number of ether oxygens (including phenoxy) is 1. The highest BCUT2D eigenvalue weighted by molar-refractivity contribution is 6.23. The lowest BCUT2D eigenvalue weighted by Crippen LogP contribution is -2.37. The van der Waals surface area contributed by atoms with Crippen LogP contribution in [0.5, 0.6) is 5.75 Å². The lowest BCUT2D eigenvalue weighted by atomic mass is 9.90. The number of hydroxylamine groups is 1. The molecule has 162 valence electrons. The molecule has 6 heteroatoms. The van der Waals surface area contributed by atoms with Gasteiger partial charge in [0.1, 0.15) is 11.7 Å². The molecular weight excluding hydrogens is 404 g/mol. The number of anilines is 2. The molecule has 3 aromatic rings. The molecule has 32 heavy (non-hydrogen) atoms. The van der Waals surface area contributed by atoms with Crippen LogP contribution in [0, 0.1) is 12.8 Å².